The maximum absolute atomic E-state index is 12.2. The molecule has 3 aromatic rings. The summed E-state index contributed by atoms with van der Waals surface area (Å²) in [5.41, 5.74) is 7.70. The van der Waals surface area contributed by atoms with E-state index in [1.807, 2.05) is 30.3 Å². The molecule has 0 radical (unpaired) electrons. The average Bonchev–Trinajstić information content (AvgIpc) is 2.81. The summed E-state index contributed by atoms with van der Waals surface area (Å²) < 4.78 is 1.07. The Morgan fingerprint density at radius 2 is 1.95 bits per heavy atom. The molecule has 6 nitrogen and oxygen atoms in total. The van der Waals surface area contributed by atoms with Crippen LogP contribution in [0.3, 0.4) is 0 Å². The number of hydrogen-bond donors (Lipinski definition) is 3. The Kier molecular flexibility index (Phi) is 3.19. The highest BCUT2D eigenvalue weighted by Gasteiger charge is 2.13. The molecule has 21 heavy (non-hydrogen) atoms. The third-order valence-corrected chi connectivity index (χ3v) is 3.20. The van der Waals surface area contributed by atoms with Gasteiger partial charge < -0.3 is 16.0 Å². The van der Waals surface area contributed by atoms with Crippen molar-refractivity contribution in [1.82, 2.24) is 14.9 Å². The largest absolute Gasteiger partial charge is 0.399 e. The maximum atomic E-state index is 12.2. The van der Waals surface area contributed by atoms with Gasteiger partial charge in [-0.15, -0.1) is 0 Å². The fraction of sp³-hybridized carbons (Fsp3) is 0.0667. The number of aromatic nitrogens is 2. The highest BCUT2D eigenvalue weighted by Crippen LogP contribution is 2.13. The molecule has 2 aromatic carbocycles. The normalized spacial score (nSPS) is 10.7. The molecular formula is C15H14N4O2. The summed E-state index contributed by atoms with van der Waals surface area (Å²) in [6.07, 6.45) is 0. The zero-order valence-electron chi connectivity index (χ0n) is 11.2. The number of imidazole rings is 1. The zero-order valence-corrected chi connectivity index (χ0v) is 11.2. The minimum atomic E-state index is -0.485. The predicted molar refractivity (Wildman–Crippen MR) is 81.0 cm³/mol. The Hall–Kier alpha value is -3.02. The first kappa shape index (κ1) is 13.0. The van der Waals surface area contributed by atoms with Crippen LogP contribution >= 0.6 is 0 Å². The number of benzene rings is 2. The van der Waals surface area contributed by atoms with Gasteiger partial charge >= 0.3 is 11.7 Å². The Morgan fingerprint density at radius 3 is 2.71 bits per heavy atom. The van der Waals surface area contributed by atoms with E-state index in [9.17, 15) is 9.59 Å². The number of aromatic amines is 1. The average molecular weight is 282 g/mol. The molecule has 1 heterocycles. The maximum Gasteiger partial charge on any atom is 0.334 e. The highest BCUT2D eigenvalue weighted by molar-refractivity contribution is 5.90. The molecule has 0 atom stereocenters. The molecule has 106 valence electrons. The van der Waals surface area contributed by atoms with Crippen molar-refractivity contribution in [3.63, 3.8) is 0 Å². The number of amides is 1. The molecular weight excluding hydrogens is 268 g/mol. The number of rotatable bonds is 2. The fourth-order valence-corrected chi connectivity index (χ4v) is 2.18. The lowest BCUT2D eigenvalue weighted by atomic mass is 10.2. The molecule has 0 saturated heterocycles. The molecule has 0 aliphatic carbocycles. The van der Waals surface area contributed by atoms with E-state index in [0.29, 0.717) is 23.3 Å². The summed E-state index contributed by atoms with van der Waals surface area (Å²) in [4.78, 5) is 26.7. The van der Waals surface area contributed by atoms with Crippen molar-refractivity contribution in [2.45, 2.75) is 6.54 Å². The highest BCUT2D eigenvalue weighted by atomic mass is 16.2. The number of carbonyl (C=O) groups is 1. The summed E-state index contributed by atoms with van der Waals surface area (Å²) in [5.74, 6) is 0. The second-order valence-corrected chi connectivity index (χ2v) is 4.69. The van der Waals surface area contributed by atoms with Crippen molar-refractivity contribution >= 4 is 22.8 Å². The number of nitrogens with two attached hydrogens (primary N) is 1. The van der Waals surface area contributed by atoms with E-state index in [0.717, 1.165) is 10.1 Å². The molecule has 6 heteroatoms. The van der Waals surface area contributed by atoms with Gasteiger partial charge in [0.1, 0.15) is 0 Å². The van der Waals surface area contributed by atoms with Gasteiger partial charge in [-0.3, -0.25) is 0 Å². The van der Waals surface area contributed by atoms with Crippen molar-refractivity contribution in [1.29, 1.82) is 0 Å². The van der Waals surface area contributed by atoms with Gasteiger partial charge in [0.15, 0.2) is 0 Å². The molecule has 0 aliphatic heterocycles. The van der Waals surface area contributed by atoms with Gasteiger partial charge in [0, 0.05) is 12.2 Å². The van der Waals surface area contributed by atoms with Gasteiger partial charge in [-0.25, -0.2) is 14.2 Å². The van der Waals surface area contributed by atoms with E-state index < -0.39 is 11.7 Å². The Bertz CT molecular complexity index is 849. The Morgan fingerprint density at radius 1 is 1.19 bits per heavy atom. The number of fused-ring (bicyclic) bond motifs is 1. The second-order valence-electron chi connectivity index (χ2n) is 4.69. The Labute approximate surface area is 120 Å². The summed E-state index contributed by atoms with van der Waals surface area (Å²) in [6, 6.07) is 13.9. The summed E-state index contributed by atoms with van der Waals surface area (Å²) in [6.45, 7) is 0.355. The third kappa shape index (κ3) is 2.51. The molecule has 0 unspecified atom stereocenters. The zero-order chi connectivity index (χ0) is 14.8. The van der Waals surface area contributed by atoms with Crippen molar-refractivity contribution in [2.75, 3.05) is 5.73 Å². The van der Waals surface area contributed by atoms with Crippen molar-refractivity contribution < 1.29 is 4.79 Å². The Balaban J connectivity index is 1.88. The second kappa shape index (κ2) is 5.16. The van der Waals surface area contributed by atoms with Crippen LogP contribution in [0.5, 0.6) is 0 Å². The monoisotopic (exact) mass is 282 g/mol. The van der Waals surface area contributed by atoms with Gasteiger partial charge in [-0.1, -0.05) is 30.3 Å². The summed E-state index contributed by atoms with van der Waals surface area (Å²) in [5, 5.41) is 2.72. The predicted octanol–water partition coefficient (Wildman–Crippen LogP) is 1.67. The number of hydrogen-bond acceptors (Lipinski definition) is 3. The topological polar surface area (TPSA) is 92.9 Å². The number of nitrogen functional groups attached to an aromatic ring is 1. The van der Waals surface area contributed by atoms with Crippen LogP contribution < -0.4 is 16.7 Å². The molecule has 0 fully saturated rings. The SMILES string of the molecule is Nc1ccc2c(c1)[nH]c(=O)n2C(=O)NCc1ccccc1. The first-order chi connectivity index (χ1) is 10.1. The van der Waals surface area contributed by atoms with Crippen molar-refractivity contribution in [3.05, 3.63) is 64.6 Å². The number of carbonyl (C=O) groups excluding carboxylic acids is 1. The smallest absolute Gasteiger partial charge is 0.334 e. The van der Waals surface area contributed by atoms with Crippen LogP contribution in [0, 0.1) is 0 Å². The number of anilines is 1. The molecule has 0 spiro atoms. The van der Waals surface area contributed by atoms with E-state index >= 15 is 0 Å². The summed E-state index contributed by atoms with van der Waals surface area (Å²) >= 11 is 0. The molecule has 0 aliphatic rings. The van der Waals surface area contributed by atoms with E-state index in [1.54, 1.807) is 18.2 Å². The van der Waals surface area contributed by atoms with Gasteiger partial charge in [0.25, 0.3) is 0 Å². The number of nitrogens with zero attached hydrogens (tertiary/aromatic N) is 1. The van der Waals surface area contributed by atoms with Crippen LogP contribution in [0.15, 0.2) is 53.3 Å². The molecule has 1 amide bonds. The van der Waals surface area contributed by atoms with Gasteiger partial charge in [-0.05, 0) is 23.8 Å². The van der Waals surface area contributed by atoms with E-state index in [-0.39, 0.29) is 0 Å². The fourth-order valence-electron chi connectivity index (χ4n) is 2.18. The van der Waals surface area contributed by atoms with Crippen LogP contribution in [-0.4, -0.2) is 15.6 Å². The van der Waals surface area contributed by atoms with Crippen LogP contribution in [0.2, 0.25) is 0 Å². The lowest BCUT2D eigenvalue weighted by Gasteiger charge is -2.06. The van der Waals surface area contributed by atoms with Gasteiger partial charge in [-0.2, -0.15) is 0 Å². The number of nitrogens with one attached hydrogen (secondary N) is 2. The number of H-pyrrole nitrogens is 1. The molecule has 0 bridgehead atoms. The van der Waals surface area contributed by atoms with E-state index in [1.165, 1.54) is 0 Å². The first-order valence-corrected chi connectivity index (χ1v) is 6.47. The van der Waals surface area contributed by atoms with Crippen LogP contribution in [0.1, 0.15) is 5.56 Å². The van der Waals surface area contributed by atoms with Crippen LogP contribution in [0.4, 0.5) is 10.5 Å². The molecule has 1 aromatic heterocycles. The third-order valence-electron chi connectivity index (χ3n) is 3.20. The minimum absolute atomic E-state index is 0.355. The standard InChI is InChI=1S/C15H14N4O2/c16-11-6-7-13-12(8-11)18-15(21)19(13)14(20)17-9-10-4-2-1-3-5-10/h1-8H,9,16H2,(H,17,20)(H,18,21). The lowest BCUT2D eigenvalue weighted by molar-refractivity contribution is 0.242. The van der Waals surface area contributed by atoms with Crippen molar-refractivity contribution in [2.24, 2.45) is 0 Å². The van der Waals surface area contributed by atoms with Gasteiger partial charge in [0.2, 0.25) is 0 Å². The van der Waals surface area contributed by atoms with E-state index in [4.69, 9.17) is 5.73 Å². The van der Waals surface area contributed by atoms with E-state index in [2.05, 4.69) is 10.3 Å². The molecule has 0 saturated carbocycles. The minimum Gasteiger partial charge on any atom is -0.399 e. The van der Waals surface area contributed by atoms with Gasteiger partial charge in [0.05, 0.1) is 11.0 Å². The molecule has 3 rings (SSSR count). The summed E-state index contributed by atoms with van der Waals surface area (Å²) in [7, 11) is 0. The molecule has 4 N–H and O–H groups in total. The lowest BCUT2D eigenvalue weighted by Crippen LogP contribution is -2.34. The van der Waals surface area contributed by atoms with Crippen molar-refractivity contribution in [3.8, 4) is 0 Å². The van der Waals surface area contributed by atoms with Crippen LogP contribution in [-0.2, 0) is 6.54 Å². The van der Waals surface area contributed by atoms with Crippen LogP contribution in [0.25, 0.3) is 11.0 Å². The quantitative estimate of drug-likeness (QED) is 0.624. The first-order valence-electron chi connectivity index (χ1n) is 6.47.